The quantitative estimate of drug-likeness (QED) is 0.505. The number of likely N-dealkylation sites (tertiary alicyclic amines) is 1. The molecule has 1 atom stereocenters. The van der Waals surface area contributed by atoms with Crippen LogP contribution in [0, 0.1) is 0 Å². The zero-order chi connectivity index (χ0) is 23.8. The Hall–Kier alpha value is -3.15. The van der Waals surface area contributed by atoms with Crippen LogP contribution in [-0.2, 0) is 17.8 Å². The van der Waals surface area contributed by atoms with E-state index in [9.17, 15) is 9.59 Å². The SMILES string of the molecule is O=C(NC(Cc1ccccc1)C(=O)NC1CCN(Cc2ccc(Cl)cc2)CC1)c1ccccc1. The molecule has 0 aliphatic carbocycles. The second-order valence-electron chi connectivity index (χ2n) is 8.77. The highest BCUT2D eigenvalue weighted by atomic mass is 35.5. The Labute approximate surface area is 206 Å². The van der Waals surface area contributed by atoms with Gasteiger partial charge in [-0.15, -0.1) is 0 Å². The molecule has 0 spiro atoms. The van der Waals surface area contributed by atoms with Crippen molar-refractivity contribution in [2.24, 2.45) is 0 Å². The summed E-state index contributed by atoms with van der Waals surface area (Å²) in [6.45, 7) is 2.70. The van der Waals surface area contributed by atoms with Gasteiger partial charge >= 0.3 is 0 Å². The van der Waals surface area contributed by atoms with Gasteiger partial charge < -0.3 is 10.6 Å². The van der Waals surface area contributed by atoms with Gasteiger partial charge in [0.05, 0.1) is 0 Å². The van der Waals surface area contributed by atoms with E-state index in [1.165, 1.54) is 5.56 Å². The third-order valence-corrected chi connectivity index (χ3v) is 6.45. The van der Waals surface area contributed by atoms with Gasteiger partial charge in [-0.3, -0.25) is 14.5 Å². The van der Waals surface area contributed by atoms with Gasteiger partial charge in [0.2, 0.25) is 5.91 Å². The zero-order valence-corrected chi connectivity index (χ0v) is 19.9. The van der Waals surface area contributed by atoms with Crippen LogP contribution in [0.3, 0.4) is 0 Å². The summed E-state index contributed by atoms with van der Waals surface area (Å²) in [5.41, 5.74) is 2.79. The molecule has 1 aliphatic rings. The van der Waals surface area contributed by atoms with Gasteiger partial charge in [-0.1, -0.05) is 72.3 Å². The smallest absolute Gasteiger partial charge is 0.251 e. The first-order valence-corrected chi connectivity index (χ1v) is 12.1. The minimum Gasteiger partial charge on any atom is -0.351 e. The maximum Gasteiger partial charge on any atom is 0.251 e. The van der Waals surface area contributed by atoms with E-state index in [2.05, 4.69) is 27.7 Å². The monoisotopic (exact) mass is 475 g/mol. The molecular formula is C28H30ClN3O2. The number of hydrogen-bond acceptors (Lipinski definition) is 3. The van der Waals surface area contributed by atoms with Gasteiger partial charge in [0, 0.05) is 42.7 Å². The first-order valence-electron chi connectivity index (χ1n) is 11.7. The van der Waals surface area contributed by atoms with Crippen LogP contribution in [0.25, 0.3) is 0 Å². The number of hydrogen-bond donors (Lipinski definition) is 2. The number of carbonyl (C=O) groups is 2. The summed E-state index contributed by atoms with van der Waals surface area (Å²) >= 11 is 5.98. The van der Waals surface area contributed by atoms with E-state index in [4.69, 9.17) is 11.6 Å². The van der Waals surface area contributed by atoms with Crippen molar-refractivity contribution in [1.29, 1.82) is 0 Å². The maximum atomic E-state index is 13.2. The highest BCUT2D eigenvalue weighted by molar-refractivity contribution is 6.30. The number of nitrogens with zero attached hydrogens (tertiary/aromatic N) is 1. The van der Waals surface area contributed by atoms with E-state index in [0.29, 0.717) is 12.0 Å². The first kappa shape index (κ1) is 24.0. The lowest BCUT2D eigenvalue weighted by atomic mass is 10.0. The molecule has 2 amide bonds. The van der Waals surface area contributed by atoms with Crippen molar-refractivity contribution in [1.82, 2.24) is 15.5 Å². The summed E-state index contributed by atoms with van der Waals surface area (Å²) in [6, 6.07) is 26.2. The first-order chi connectivity index (χ1) is 16.6. The molecule has 0 bridgehead atoms. The summed E-state index contributed by atoms with van der Waals surface area (Å²) in [7, 11) is 0. The number of nitrogens with one attached hydrogen (secondary N) is 2. The Bertz CT molecular complexity index is 1070. The Morgan fingerprint density at radius 2 is 1.47 bits per heavy atom. The molecule has 3 aromatic carbocycles. The molecule has 1 fully saturated rings. The van der Waals surface area contributed by atoms with Crippen molar-refractivity contribution in [3.8, 4) is 0 Å². The molecule has 0 radical (unpaired) electrons. The lowest BCUT2D eigenvalue weighted by Gasteiger charge is -2.33. The minimum absolute atomic E-state index is 0.0980. The number of carbonyl (C=O) groups excluding carboxylic acids is 2. The average Bonchev–Trinajstić information content (AvgIpc) is 2.87. The van der Waals surface area contributed by atoms with Crippen LogP contribution in [0.4, 0.5) is 0 Å². The molecule has 6 heteroatoms. The van der Waals surface area contributed by atoms with Gasteiger partial charge in [-0.2, -0.15) is 0 Å². The fraction of sp³-hybridized carbons (Fsp3) is 0.286. The lowest BCUT2D eigenvalue weighted by molar-refractivity contribution is -0.124. The summed E-state index contributed by atoms with van der Waals surface area (Å²) in [6.07, 6.45) is 2.20. The standard InChI is InChI=1S/C28H30ClN3O2/c29-24-13-11-22(12-14-24)20-32-17-15-25(16-18-32)30-28(34)26(19-21-7-3-1-4-8-21)31-27(33)23-9-5-2-6-10-23/h1-14,25-26H,15-20H2,(H,30,34)(H,31,33). The molecule has 0 aromatic heterocycles. The summed E-state index contributed by atoms with van der Waals surface area (Å²) < 4.78 is 0. The third kappa shape index (κ3) is 6.92. The van der Waals surface area contributed by atoms with E-state index in [1.54, 1.807) is 12.1 Å². The van der Waals surface area contributed by atoms with Gasteiger partial charge in [0.15, 0.2) is 0 Å². The van der Waals surface area contributed by atoms with Crippen LogP contribution in [-0.4, -0.2) is 41.9 Å². The van der Waals surface area contributed by atoms with E-state index in [-0.39, 0.29) is 17.9 Å². The van der Waals surface area contributed by atoms with Gasteiger partial charge in [-0.25, -0.2) is 0 Å². The molecular weight excluding hydrogens is 446 g/mol. The predicted octanol–water partition coefficient (Wildman–Crippen LogP) is 4.46. The van der Waals surface area contributed by atoms with Crippen LogP contribution in [0.1, 0.15) is 34.3 Å². The van der Waals surface area contributed by atoms with E-state index in [0.717, 1.165) is 43.1 Å². The van der Waals surface area contributed by atoms with E-state index < -0.39 is 6.04 Å². The second-order valence-corrected chi connectivity index (χ2v) is 9.20. The molecule has 1 aliphatic heterocycles. The number of halogens is 1. The molecule has 3 aromatic rings. The molecule has 5 nitrogen and oxygen atoms in total. The van der Waals surface area contributed by atoms with Crippen molar-refractivity contribution >= 4 is 23.4 Å². The molecule has 1 unspecified atom stereocenters. The van der Waals surface area contributed by atoms with Gasteiger partial charge in [0.25, 0.3) is 5.91 Å². The minimum atomic E-state index is -0.637. The van der Waals surface area contributed by atoms with E-state index >= 15 is 0 Å². The van der Waals surface area contributed by atoms with Crippen molar-refractivity contribution in [2.75, 3.05) is 13.1 Å². The molecule has 34 heavy (non-hydrogen) atoms. The van der Waals surface area contributed by atoms with Gasteiger partial charge in [-0.05, 0) is 48.2 Å². The summed E-state index contributed by atoms with van der Waals surface area (Å²) in [5.74, 6) is -0.376. The number of piperidine rings is 1. The zero-order valence-electron chi connectivity index (χ0n) is 19.1. The Morgan fingerprint density at radius 3 is 2.12 bits per heavy atom. The normalized spacial score (nSPS) is 15.4. The number of rotatable bonds is 8. The fourth-order valence-electron chi connectivity index (χ4n) is 4.28. The van der Waals surface area contributed by atoms with Crippen molar-refractivity contribution in [3.63, 3.8) is 0 Å². The molecule has 1 heterocycles. The van der Waals surface area contributed by atoms with Crippen LogP contribution < -0.4 is 10.6 Å². The Morgan fingerprint density at radius 1 is 0.853 bits per heavy atom. The fourth-order valence-corrected chi connectivity index (χ4v) is 4.40. The molecule has 0 saturated carbocycles. The highest BCUT2D eigenvalue weighted by Crippen LogP contribution is 2.16. The number of amides is 2. The maximum absolute atomic E-state index is 13.2. The highest BCUT2D eigenvalue weighted by Gasteiger charge is 2.26. The van der Waals surface area contributed by atoms with Crippen molar-refractivity contribution in [3.05, 3.63) is 107 Å². The molecule has 1 saturated heterocycles. The summed E-state index contributed by atoms with van der Waals surface area (Å²) in [5, 5.41) is 6.88. The van der Waals surface area contributed by atoms with Gasteiger partial charge in [0.1, 0.15) is 6.04 Å². The van der Waals surface area contributed by atoms with Crippen molar-refractivity contribution < 1.29 is 9.59 Å². The summed E-state index contributed by atoms with van der Waals surface area (Å²) in [4.78, 5) is 28.4. The topological polar surface area (TPSA) is 61.4 Å². The molecule has 4 rings (SSSR count). The third-order valence-electron chi connectivity index (χ3n) is 6.19. The lowest BCUT2D eigenvalue weighted by Crippen LogP contribution is -2.52. The van der Waals surface area contributed by atoms with Crippen LogP contribution >= 0.6 is 11.6 Å². The average molecular weight is 476 g/mol. The Balaban J connectivity index is 1.34. The largest absolute Gasteiger partial charge is 0.351 e. The second kappa shape index (κ2) is 11.8. The van der Waals surface area contributed by atoms with Crippen LogP contribution in [0.5, 0.6) is 0 Å². The van der Waals surface area contributed by atoms with Crippen LogP contribution in [0.2, 0.25) is 5.02 Å². The predicted molar refractivity (Wildman–Crippen MR) is 136 cm³/mol. The number of benzene rings is 3. The van der Waals surface area contributed by atoms with Crippen molar-refractivity contribution in [2.45, 2.75) is 37.9 Å². The molecule has 2 N–H and O–H groups in total. The van der Waals surface area contributed by atoms with E-state index in [1.807, 2.05) is 60.7 Å². The molecule has 176 valence electrons. The van der Waals surface area contributed by atoms with Crippen LogP contribution in [0.15, 0.2) is 84.9 Å². The Kier molecular flexibility index (Phi) is 8.34.